The van der Waals surface area contributed by atoms with Crippen LogP contribution in [-0.4, -0.2) is 42.0 Å². The van der Waals surface area contributed by atoms with Crippen LogP contribution in [0.3, 0.4) is 0 Å². The van der Waals surface area contributed by atoms with E-state index >= 15 is 0 Å². The highest BCUT2D eigenvalue weighted by Crippen LogP contribution is 2.16. The fourth-order valence-corrected chi connectivity index (χ4v) is 2.68. The molecule has 1 saturated heterocycles. The molecule has 0 N–H and O–H groups in total. The van der Waals surface area contributed by atoms with Gasteiger partial charge in [0.25, 0.3) is 5.91 Å². The predicted octanol–water partition coefficient (Wildman–Crippen LogP) is 2.57. The first-order valence-electron chi connectivity index (χ1n) is 7.33. The molecule has 5 nitrogen and oxygen atoms in total. The number of nitrogens with zero attached hydrogens (tertiary/aromatic N) is 4. The van der Waals surface area contributed by atoms with Gasteiger partial charge in [0.2, 0.25) is 0 Å². The molecule has 23 heavy (non-hydrogen) atoms. The van der Waals surface area contributed by atoms with Crippen LogP contribution in [0, 0.1) is 11.3 Å². The van der Waals surface area contributed by atoms with Gasteiger partial charge >= 0.3 is 0 Å². The molecule has 0 bridgehead atoms. The predicted molar refractivity (Wildman–Crippen MR) is 88.5 cm³/mol. The second-order valence-electron chi connectivity index (χ2n) is 5.30. The minimum atomic E-state index is 0.0223. The summed E-state index contributed by atoms with van der Waals surface area (Å²) in [5, 5.41) is 9.43. The lowest BCUT2D eigenvalue weighted by molar-refractivity contribution is 0.0746. The van der Waals surface area contributed by atoms with Crippen molar-refractivity contribution < 1.29 is 4.79 Å². The number of amides is 1. The Morgan fingerprint density at radius 1 is 1.09 bits per heavy atom. The van der Waals surface area contributed by atoms with Crippen LogP contribution >= 0.6 is 11.6 Å². The van der Waals surface area contributed by atoms with E-state index in [1.807, 2.05) is 11.0 Å². The number of halogens is 1. The lowest BCUT2D eigenvalue weighted by atomic mass is 10.2. The highest BCUT2D eigenvalue weighted by atomic mass is 35.5. The number of benzene rings is 1. The molecule has 1 fully saturated rings. The maximum atomic E-state index is 12.5. The zero-order chi connectivity index (χ0) is 16.2. The van der Waals surface area contributed by atoms with Gasteiger partial charge < -0.3 is 9.80 Å². The average molecular weight is 327 g/mol. The Hall–Kier alpha value is -2.58. The maximum Gasteiger partial charge on any atom is 0.253 e. The fourth-order valence-electron chi connectivity index (χ4n) is 2.55. The lowest BCUT2D eigenvalue weighted by Crippen LogP contribution is -2.49. The third kappa shape index (κ3) is 3.43. The first kappa shape index (κ1) is 15.3. The molecule has 0 radical (unpaired) electrons. The van der Waals surface area contributed by atoms with Crippen LogP contribution in [0.2, 0.25) is 5.02 Å². The molecule has 0 unspecified atom stereocenters. The third-order valence-electron chi connectivity index (χ3n) is 3.86. The van der Waals surface area contributed by atoms with Crippen molar-refractivity contribution in [2.24, 2.45) is 0 Å². The monoisotopic (exact) mass is 326 g/mol. The van der Waals surface area contributed by atoms with Crippen molar-refractivity contribution in [3.8, 4) is 6.07 Å². The molecule has 1 aromatic carbocycles. The van der Waals surface area contributed by atoms with E-state index in [2.05, 4.69) is 16.0 Å². The first-order chi connectivity index (χ1) is 11.2. The van der Waals surface area contributed by atoms with Crippen molar-refractivity contribution in [1.29, 1.82) is 5.26 Å². The molecular formula is C17H15ClN4O. The number of aromatic nitrogens is 1. The van der Waals surface area contributed by atoms with Gasteiger partial charge in [0.05, 0.1) is 5.56 Å². The molecule has 0 saturated carbocycles. The molecule has 2 heterocycles. The highest BCUT2D eigenvalue weighted by molar-refractivity contribution is 6.30. The molecular weight excluding hydrogens is 312 g/mol. The Bertz CT molecular complexity index is 729. The number of piperazine rings is 1. The van der Waals surface area contributed by atoms with Crippen LogP contribution in [0.25, 0.3) is 0 Å². The summed E-state index contributed by atoms with van der Waals surface area (Å²) in [7, 11) is 0. The summed E-state index contributed by atoms with van der Waals surface area (Å²) in [6.45, 7) is 2.72. The molecule has 3 rings (SSSR count). The first-order valence-corrected chi connectivity index (χ1v) is 7.71. The Labute approximate surface area is 139 Å². The van der Waals surface area contributed by atoms with E-state index in [0.29, 0.717) is 29.2 Å². The molecule has 1 aromatic heterocycles. The molecule has 0 atom stereocenters. The summed E-state index contributed by atoms with van der Waals surface area (Å²) in [6, 6.07) is 12.6. The zero-order valence-corrected chi connectivity index (χ0v) is 13.2. The van der Waals surface area contributed by atoms with Gasteiger partial charge in [-0.05, 0) is 36.4 Å². The van der Waals surface area contributed by atoms with E-state index in [1.54, 1.807) is 36.5 Å². The van der Waals surface area contributed by atoms with Gasteiger partial charge in [-0.1, -0.05) is 11.6 Å². The van der Waals surface area contributed by atoms with Crippen LogP contribution in [0.1, 0.15) is 15.9 Å². The van der Waals surface area contributed by atoms with Crippen molar-refractivity contribution in [1.82, 2.24) is 9.88 Å². The molecule has 1 aliphatic rings. The molecule has 1 aliphatic heterocycles. The van der Waals surface area contributed by atoms with Gasteiger partial charge in [0, 0.05) is 43.0 Å². The van der Waals surface area contributed by atoms with Gasteiger partial charge in [0.1, 0.15) is 11.9 Å². The van der Waals surface area contributed by atoms with Crippen molar-refractivity contribution >= 4 is 23.3 Å². The summed E-state index contributed by atoms with van der Waals surface area (Å²) >= 11 is 5.85. The Balaban J connectivity index is 1.62. The number of carbonyl (C=O) groups excluding carboxylic acids is 1. The SMILES string of the molecule is N#Cc1ccc(N2CCN(C(=O)c3ccc(Cl)cc3)CC2)nc1. The van der Waals surface area contributed by atoms with E-state index in [-0.39, 0.29) is 5.91 Å². The van der Waals surface area contributed by atoms with Crippen molar-refractivity contribution in [3.05, 3.63) is 58.7 Å². The fraction of sp³-hybridized carbons (Fsp3) is 0.235. The zero-order valence-electron chi connectivity index (χ0n) is 12.4. The van der Waals surface area contributed by atoms with Gasteiger partial charge in [0.15, 0.2) is 0 Å². The van der Waals surface area contributed by atoms with Gasteiger partial charge in [-0.25, -0.2) is 4.98 Å². The second-order valence-corrected chi connectivity index (χ2v) is 5.74. The minimum absolute atomic E-state index is 0.0223. The number of carbonyl (C=O) groups is 1. The maximum absolute atomic E-state index is 12.5. The normalized spacial score (nSPS) is 14.4. The molecule has 0 spiro atoms. The Morgan fingerprint density at radius 3 is 2.35 bits per heavy atom. The summed E-state index contributed by atoms with van der Waals surface area (Å²) in [6.07, 6.45) is 1.57. The molecule has 1 amide bonds. The molecule has 6 heteroatoms. The van der Waals surface area contributed by atoms with Crippen LogP contribution in [-0.2, 0) is 0 Å². The van der Waals surface area contributed by atoms with Gasteiger partial charge in [-0.3, -0.25) is 4.79 Å². The summed E-state index contributed by atoms with van der Waals surface area (Å²) < 4.78 is 0. The Morgan fingerprint density at radius 2 is 1.78 bits per heavy atom. The number of rotatable bonds is 2. The van der Waals surface area contributed by atoms with Crippen molar-refractivity contribution in [2.75, 3.05) is 31.1 Å². The van der Waals surface area contributed by atoms with E-state index in [0.717, 1.165) is 18.9 Å². The van der Waals surface area contributed by atoms with Crippen LogP contribution in [0.5, 0.6) is 0 Å². The minimum Gasteiger partial charge on any atom is -0.353 e. The van der Waals surface area contributed by atoms with Crippen LogP contribution in [0.15, 0.2) is 42.6 Å². The van der Waals surface area contributed by atoms with Crippen LogP contribution < -0.4 is 4.90 Å². The number of hydrogen-bond acceptors (Lipinski definition) is 4. The summed E-state index contributed by atoms with van der Waals surface area (Å²) in [5.41, 5.74) is 1.20. The number of nitriles is 1. The molecule has 0 aliphatic carbocycles. The second kappa shape index (κ2) is 6.67. The molecule has 2 aromatic rings. The standard InChI is InChI=1S/C17H15ClN4O/c18-15-4-2-14(3-5-15)17(23)22-9-7-21(8-10-22)16-6-1-13(11-19)12-20-16/h1-6,12H,7-10H2. The van der Waals surface area contributed by atoms with E-state index < -0.39 is 0 Å². The lowest BCUT2D eigenvalue weighted by Gasteiger charge is -2.35. The summed E-state index contributed by atoms with van der Waals surface area (Å²) in [5.74, 6) is 0.858. The number of hydrogen-bond donors (Lipinski definition) is 0. The smallest absolute Gasteiger partial charge is 0.253 e. The quantitative estimate of drug-likeness (QED) is 0.851. The van der Waals surface area contributed by atoms with Crippen molar-refractivity contribution in [2.45, 2.75) is 0 Å². The highest BCUT2D eigenvalue weighted by Gasteiger charge is 2.22. The molecule has 116 valence electrons. The third-order valence-corrected chi connectivity index (χ3v) is 4.11. The average Bonchev–Trinajstić information content (AvgIpc) is 2.62. The van der Waals surface area contributed by atoms with Gasteiger partial charge in [-0.2, -0.15) is 5.26 Å². The topological polar surface area (TPSA) is 60.2 Å². The van der Waals surface area contributed by atoms with Crippen LogP contribution in [0.4, 0.5) is 5.82 Å². The van der Waals surface area contributed by atoms with E-state index in [9.17, 15) is 4.79 Å². The largest absolute Gasteiger partial charge is 0.353 e. The van der Waals surface area contributed by atoms with E-state index in [4.69, 9.17) is 16.9 Å². The van der Waals surface area contributed by atoms with Gasteiger partial charge in [-0.15, -0.1) is 0 Å². The number of anilines is 1. The van der Waals surface area contributed by atoms with Crippen molar-refractivity contribution in [3.63, 3.8) is 0 Å². The number of pyridine rings is 1. The Kier molecular flexibility index (Phi) is 4.45. The summed E-state index contributed by atoms with van der Waals surface area (Å²) in [4.78, 5) is 20.7. The van der Waals surface area contributed by atoms with E-state index in [1.165, 1.54) is 0 Å².